The second-order valence-corrected chi connectivity index (χ2v) is 21.2. The highest BCUT2D eigenvalue weighted by atomic mass is 16.8. The minimum Gasteiger partial charge on any atom is -0.508 e. The van der Waals surface area contributed by atoms with Gasteiger partial charge in [-0.3, -0.25) is 4.79 Å². The van der Waals surface area contributed by atoms with Crippen molar-refractivity contribution in [1.29, 1.82) is 0 Å². The molecule has 33 heteroatoms. The number of esters is 1. The summed E-state index contributed by atoms with van der Waals surface area (Å²) in [4.78, 5) is 27.7. The number of hydrogen-bond acceptors (Lipinski definition) is 33. The maximum atomic E-state index is 14.7. The zero-order valence-corrected chi connectivity index (χ0v) is 45.5. The first-order valence-electron chi connectivity index (χ1n) is 27.0. The lowest BCUT2D eigenvalue weighted by atomic mass is 9.96. The van der Waals surface area contributed by atoms with Crippen LogP contribution in [0.25, 0.3) is 28.4 Å². The summed E-state index contributed by atoms with van der Waals surface area (Å²) < 4.78 is 79.8. The van der Waals surface area contributed by atoms with Crippen LogP contribution >= 0.6 is 0 Å². The Morgan fingerprint density at radius 3 is 1.85 bits per heavy atom. The molecular weight excluding hydrogens is 1180 g/mol. The molecule has 478 valence electrons. The van der Waals surface area contributed by atoms with Crippen molar-refractivity contribution in [2.75, 3.05) is 26.6 Å². The van der Waals surface area contributed by atoms with E-state index in [1.807, 2.05) is 0 Å². The Morgan fingerprint density at radius 2 is 1.15 bits per heavy atom. The molecule has 5 fully saturated rings. The molecule has 0 aliphatic carbocycles. The summed E-state index contributed by atoms with van der Waals surface area (Å²) >= 11 is 0. The zero-order chi connectivity index (χ0) is 62.6. The molecule has 33 nitrogen and oxygen atoms in total. The van der Waals surface area contributed by atoms with Crippen LogP contribution in [-0.4, -0.2) is 267 Å². The molecule has 0 spiro atoms. The number of carbonyl (C=O) groups excluding carboxylic acids is 1. The summed E-state index contributed by atoms with van der Waals surface area (Å²) in [6.07, 6.45) is -42.5. The highest BCUT2D eigenvalue weighted by Gasteiger charge is 2.55. The fourth-order valence-corrected chi connectivity index (χ4v) is 10.4. The fourth-order valence-electron chi connectivity index (χ4n) is 10.4. The van der Waals surface area contributed by atoms with Crippen molar-refractivity contribution in [2.45, 2.75) is 161 Å². The van der Waals surface area contributed by atoms with E-state index in [0.717, 1.165) is 30.3 Å². The monoisotopic (exact) mass is 1240 g/mol. The standard InChI is InChI=1S/C54H64O33/c1-16-32(61)38(67)43(72)51(78-16)82-29-14-75-50(42(71)36(29)65)84-46-22(58)8-19(9-23(46)59)45-47(37(66)31-21(57)10-20(56)11-26(31)80-45)85-53-48(40(69)33(62)17(2)79-53)87-54-49(86-52-44(73)39(68)34(63)27(12-55)81-52)41(70)35(64)28(83-54)13-74-30(60)6-4-18-3-5-24-25(7-18)77-15-76-24/h3-11,16-17,27-29,32-36,38-44,48-59,61-65,67-73H,12-15H2,1-2H3/b6-4+/t16?,17?,27?,28?,29-,32+,33+,34-,35-,36-,38+,39-,40+,41-,42?,43?,44?,48?,49?,50+,51+,52+,53+,54+/m1/s1. The molecule has 9 unspecified atom stereocenters. The van der Waals surface area contributed by atoms with Gasteiger partial charge in [0, 0.05) is 23.8 Å². The van der Waals surface area contributed by atoms with Crippen LogP contribution in [0.5, 0.6) is 46.0 Å². The van der Waals surface area contributed by atoms with Crippen LogP contribution in [0.15, 0.2) is 57.8 Å². The number of aliphatic hydroxyl groups is 13. The van der Waals surface area contributed by atoms with Crippen LogP contribution in [0.4, 0.5) is 0 Å². The van der Waals surface area contributed by atoms with Gasteiger partial charge in [0.05, 0.1) is 25.4 Å². The van der Waals surface area contributed by atoms with Gasteiger partial charge in [-0.1, -0.05) is 6.07 Å². The topological polar surface area (TPSA) is 511 Å². The molecule has 0 bridgehead atoms. The number of carbonyl (C=O) groups is 1. The molecule has 0 amide bonds. The van der Waals surface area contributed by atoms with Crippen LogP contribution in [0.3, 0.4) is 0 Å². The molecule has 10 rings (SSSR count). The lowest BCUT2D eigenvalue weighted by molar-refractivity contribution is -0.388. The van der Waals surface area contributed by atoms with Crippen LogP contribution in [0.2, 0.25) is 0 Å². The maximum absolute atomic E-state index is 14.7. The Morgan fingerprint density at radius 1 is 0.575 bits per heavy atom. The number of rotatable bonds is 16. The summed E-state index contributed by atoms with van der Waals surface area (Å²) in [5.41, 5.74) is -1.80. The van der Waals surface area contributed by atoms with E-state index in [9.17, 15) is 96.4 Å². The van der Waals surface area contributed by atoms with Gasteiger partial charge < -0.3 is 153 Å². The average Bonchev–Trinajstić information content (AvgIpc) is 1.32. The lowest BCUT2D eigenvalue weighted by Gasteiger charge is -2.48. The van der Waals surface area contributed by atoms with Gasteiger partial charge in [0.2, 0.25) is 36.3 Å². The first-order chi connectivity index (χ1) is 41.3. The summed E-state index contributed by atoms with van der Waals surface area (Å²) in [5, 5.41) is 185. The fraction of sp³-hybridized carbons (Fsp3) is 0.556. The van der Waals surface area contributed by atoms with Gasteiger partial charge >= 0.3 is 5.97 Å². The van der Waals surface area contributed by atoms with E-state index in [-0.39, 0.29) is 6.79 Å². The second-order valence-electron chi connectivity index (χ2n) is 21.2. The van der Waals surface area contributed by atoms with Crippen LogP contribution in [0, 0.1) is 0 Å². The second kappa shape index (κ2) is 26.0. The zero-order valence-electron chi connectivity index (χ0n) is 45.5. The van der Waals surface area contributed by atoms with Gasteiger partial charge in [0.15, 0.2) is 53.7 Å². The smallest absolute Gasteiger partial charge is 0.330 e. The third-order valence-electron chi connectivity index (χ3n) is 15.3. The van der Waals surface area contributed by atoms with Crippen LogP contribution < -0.4 is 24.4 Å². The SMILES string of the molecule is CC1O[C@@H](O[C@@H]2CO[C@@H](Oc3c(O)cc(-c4oc5cc(O)cc(O)c5c(=O)c4O[C@@H]4OC(C)[C@H](O)[C@H](O)C4O[C@@H]4OC(COC(=O)/C=C/c5ccc6c(c5)OCO6)[C@@H](O)[C@@H](O)C4O[C@@H]4OC(CO)[C@@H](O)[C@@H](O)C4O)cc3O)C(O)[C@@H]2O)C(O)[C@@H](O)[C@H]1O. The molecule has 0 radical (unpaired) electrons. The van der Waals surface area contributed by atoms with E-state index >= 15 is 0 Å². The summed E-state index contributed by atoms with van der Waals surface area (Å²) in [5.74, 6) is -6.15. The van der Waals surface area contributed by atoms with E-state index in [2.05, 4.69) is 0 Å². The number of fused-ring (bicyclic) bond motifs is 2. The van der Waals surface area contributed by atoms with Crippen LogP contribution in [-0.2, 0) is 47.4 Å². The van der Waals surface area contributed by atoms with E-state index < -0.39 is 235 Å². The molecule has 17 N–H and O–H groups in total. The molecule has 1 aromatic heterocycles. The molecule has 87 heavy (non-hydrogen) atoms. The largest absolute Gasteiger partial charge is 0.508 e. The number of ether oxygens (including phenoxy) is 13. The average molecular weight is 1240 g/mol. The highest BCUT2D eigenvalue weighted by Crippen LogP contribution is 2.46. The number of aliphatic hydroxyl groups excluding tert-OH is 13. The molecule has 7 heterocycles. The van der Waals surface area contributed by atoms with Gasteiger partial charge in [-0.05, 0) is 49.8 Å². The normalized spacial score (nSPS) is 37.9. The lowest BCUT2D eigenvalue weighted by Crippen LogP contribution is -2.67. The third-order valence-corrected chi connectivity index (χ3v) is 15.3. The summed E-state index contributed by atoms with van der Waals surface area (Å²) in [6.45, 7) is 0.223. The summed E-state index contributed by atoms with van der Waals surface area (Å²) in [6, 6.07) is 8.07. The molecular formula is C54H64O33. The molecule has 6 aliphatic heterocycles. The molecule has 6 aliphatic rings. The predicted octanol–water partition coefficient (Wildman–Crippen LogP) is -5.20. The first kappa shape index (κ1) is 63.7. The van der Waals surface area contributed by atoms with Crippen LogP contribution in [0.1, 0.15) is 19.4 Å². The molecule has 4 aromatic rings. The number of phenols is 4. The van der Waals surface area contributed by atoms with Crippen molar-refractivity contribution in [1.82, 2.24) is 0 Å². The van der Waals surface area contributed by atoms with Gasteiger partial charge in [0.25, 0.3) is 0 Å². The predicted molar refractivity (Wildman–Crippen MR) is 278 cm³/mol. The molecule has 5 saturated heterocycles. The minimum atomic E-state index is -2.23. The molecule has 0 saturated carbocycles. The van der Waals surface area contributed by atoms with Crippen molar-refractivity contribution in [3.63, 3.8) is 0 Å². The van der Waals surface area contributed by atoms with Crippen molar-refractivity contribution >= 4 is 23.0 Å². The maximum Gasteiger partial charge on any atom is 0.330 e. The Bertz CT molecular complexity index is 3150. The Balaban J connectivity index is 0.940. The van der Waals surface area contributed by atoms with Crippen molar-refractivity contribution in [3.05, 3.63) is 64.3 Å². The molecule has 24 atom stereocenters. The van der Waals surface area contributed by atoms with E-state index in [0.29, 0.717) is 17.1 Å². The number of hydrogen-bond donors (Lipinski definition) is 17. The Hall–Kier alpha value is -6.36. The number of aromatic hydroxyl groups is 4. The van der Waals surface area contributed by atoms with E-state index in [1.54, 1.807) is 18.2 Å². The number of phenolic OH excluding ortho intramolecular Hbond substituents is 4. The van der Waals surface area contributed by atoms with Crippen molar-refractivity contribution in [2.24, 2.45) is 0 Å². The molecule has 3 aromatic carbocycles. The van der Waals surface area contributed by atoms with Gasteiger partial charge in [0.1, 0.15) is 127 Å². The first-order valence-corrected chi connectivity index (χ1v) is 27.0. The Labute approximate surface area is 489 Å². The van der Waals surface area contributed by atoms with E-state index in [1.165, 1.54) is 19.9 Å². The Kier molecular flexibility index (Phi) is 19.0. The van der Waals surface area contributed by atoms with E-state index in [4.69, 9.17) is 66.0 Å². The van der Waals surface area contributed by atoms with Crippen molar-refractivity contribution < 1.29 is 158 Å². The van der Waals surface area contributed by atoms with Gasteiger partial charge in [-0.15, -0.1) is 0 Å². The van der Waals surface area contributed by atoms with Gasteiger partial charge in [-0.25, -0.2) is 4.79 Å². The van der Waals surface area contributed by atoms with Gasteiger partial charge in [-0.2, -0.15) is 0 Å². The third kappa shape index (κ3) is 12.8. The van der Waals surface area contributed by atoms with Crippen molar-refractivity contribution in [3.8, 4) is 57.3 Å². The highest BCUT2D eigenvalue weighted by molar-refractivity contribution is 5.89. The minimum absolute atomic E-state index is 0.0128. The summed E-state index contributed by atoms with van der Waals surface area (Å²) in [7, 11) is 0. The number of benzene rings is 3. The quantitative estimate of drug-likeness (QED) is 0.0368.